The van der Waals surface area contributed by atoms with E-state index < -0.39 is 0 Å². The first-order valence-corrected chi connectivity index (χ1v) is 6.73. The van der Waals surface area contributed by atoms with E-state index in [-0.39, 0.29) is 0 Å². The highest BCUT2D eigenvalue weighted by Gasteiger charge is 2.12. The Labute approximate surface area is 122 Å². The Balaban J connectivity index is 2.17. The van der Waals surface area contributed by atoms with E-state index in [0.29, 0.717) is 5.02 Å². The summed E-state index contributed by atoms with van der Waals surface area (Å²) in [6, 6.07) is 9.97. The summed E-state index contributed by atoms with van der Waals surface area (Å²) in [7, 11) is 4.04. The fraction of sp³-hybridized carbons (Fsp3) is 0.200. The molecule has 102 valence electrons. The Morgan fingerprint density at radius 1 is 1.10 bits per heavy atom. The average Bonchev–Trinajstić information content (AvgIpc) is 2.77. The monoisotopic (exact) mass is 286 g/mol. The van der Waals surface area contributed by atoms with Gasteiger partial charge in [0, 0.05) is 26.0 Å². The molecule has 5 heteroatoms. The molecule has 0 unspecified atom stereocenters. The molecular formula is C15H15ClN4. The van der Waals surface area contributed by atoms with Crippen LogP contribution in [0.15, 0.2) is 36.5 Å². The van der Waals surface area contributed by atoms with Crippen LogP contribution in [-0.4, -0.2) is 28.9 Å². The summed E-state index contributed by atoms with van der Waals surface area (Å²) in [5.74, 6) is 0. The van der Waals surface area contributed by atoms with Gasteiger partial charge < -0.3 is 4.90 Å². The molecule has 0 aliphatic rings. The highest BCUT2D eigenvalue weighted by atomic mass is 35.5. The number of benzene rings is 1. The molecule has 0 radical (unpaired) electrons. The normalized spacial score (nSPS) is 11.0. The minimum absolute atomic E-state index is 0.684. The van der Waals surface area contributed by atoms with Gasteiger partial charge in [-0.05, 0) is 37.3 Å². The van der Waals surface area contributed by atoms with Crippen molar-refractivity contribution in [1.82, 2.24) is 14.8 Å². The Kier molecular flexibility index (Phi) is 3.10. The highest BCUT2D eigenvalue weighted by Crippen LogP contribution is 2.27. The molecule has 0 saturated carbocycles. The van der Waals surface area contributed by atoms with Gasteiger partial charge in [0.25, 0.3) is 0 Å². The van der Waals surface area contributed by atoms with E-state index in [1.165, 1.54) is 0 Å². The van der Waals surface area contributed by atoms with Crippen LogP contribution in [-0.2, 0) is 0 Å². The molecule has 0 aliphatic carbocycles. The predicted molar refractivity (Wildman–Crippen MR) is 82.9 cm³/mol. The van der Waals surface area contributed by atoms with Crippen molar-refractivity contribution in [2.75, 3.05) is 19.0 Å². The van der Waals surface area contributed by atoms with E-state index in [2.05, 4.69) is 27.1 Å². The van der Waals surface area contributed by atoms with E-state index >= 15 is 0 Å². The standard InChI is InChI=1S/C15H15ClN4/c1-10-14-13(16)8-9-17-15(14)20(18-10)12-6-4-11(5-7-12)19(2)3/h4-9H,1-3H3. The van der Waals surface area contributed by atoms with Crippen molar-refractivity contribution in [3.8, 4) is 5.69 Å². The maximum atomic E-state index is 6.23. The number of hydrogen-bond donors (Lipinski definition) is 0. The van der Waals surface area contributed by atoms with E-state index in [0.717, 1.165) is 28.1 Å². The van der Waals surface area contributed by atoms with Crippen LogP contribution in [0.25, 0.3) is 16.7 Å². The maximum absolute atomic E-state index is 6.23. The summed E-state index contributed by atoms with van der Waals surface area (Å²) in [5, 5.41) is 6.14. The van der Waals surface area contributed by atoms with Crippen LogP contribution in [0, 0.1) is 6.92 Å². The number of fused-ring (bicyclic) bond motifs is 1. The van der Waals surface area contributed by atoms with Crippen LogP contribution in [0.3, 0.4) is 0 Å². The Morgan fingerprint density at radius 3 is 2.45 bits per heavy atom. The SMILES string of the molecule is Cc1nn(-c2ccc(N(C)C)cc2)c2nccc(Cl)c12. The van der Waals surface area contributed by atoms with Crippen molar-refractivity contribution < 1.29 is 0 Å². The number of anilines is 1. The number of nitrogens with zero attached hydrogens (tertiary/aromatic N) is 4. The second-order valence-electron chi connectivity index (χ2n) is 4.90. The Bertz CT molecular complexity index is 759. The zero-order valence-electron chi connectivity index (χ0n) is 11.6. The first-order valence-electron chi connectivity index (χ1n) is 6.35. The van der Waals surface area contributed by atoms with Gasteiger partial charge in [-0.15, -0.1) is 0 Å². The van der Waals surface area contributed by atoms with Crippen molar-refractivity contribution in [3.05, 3.63) is 47.2 Å². The van der Waals surface area contributed by atoms with Crippen molar-refractivity contribution in [2.24, 2.45) is 0 Å². The average molecular weight is 287 g/mol. The minimum atomic E-state index is 0.684. The van der Waals surface area contributed by atoms with Crippen LogP contribution in [0.4, 0.5) is 5.69 Å². The number of rotatable bonds is 2. The fourth-order valence-electron chi connectivity index (χ4n) is 2.24. The molecule has 2 heterocycles. The molecule has 0 fully saturated rings. The zero-order valence-corrected chi connectivity index (χ0v) is 12.4. The van der Waals surface area contributed by atoms with Gasteiger partial charge in [0.2, 0.25) is 0 Å². The van der Waals surface area contributed by atoms with Gasteiger partial charge >= 0.3 is 0 Å². The molecule has 0 bridgehead atoms. The third-order valence-electron chi connectivity index (χ3n) is 3.30. The van der Waals surface area contributed by atoms with Crippen molar-refractivity contribution in [3.63, 3.8) is 0 Å². The third kappa shape index (κ3) is 2.02. The van der Waals surface area contributed by atoms with Gasteiger partial charge in [-0.1, -0.05) is 11.6 Å². The van der Waals surface area contributed by atoms with E-state index in [9.17, 15) is 0 Å². The van der Waals surface area contributed by atoms with Gasteiger partial charge in [0.05, 0.1) is 21.8 Å². The summed E-state index contributed by atoms with van der Waals surface area (Å²) in [6.45, 7) is 1.95. The lowest BCUT2D eigenvalue weighted by atomic mass is 10.2. The lowest BCUT2D eigenvalue weighted by molar-refractivity contribution is 0.877. The largest absolute Gasteiger partial charge is 0.378 e. The first kappa shape index (κ1) is 12.9. The van der Waals surface area contributed by atoms with Gasteiger partial charge in [-0.2, -0.15) is 5.10 Å². The van der Waals surface area contributed by atoms with E-state index in [1.807, 2.05) is 37.8 Å². The highest BCUT2D eigenvalue weighted by molar-refractivity contribution is 6.35. The van der Waals surface area contributed by atoms with Crippen LogP contribution >= 0.6 is 11.6 Å². The van der Waals surface area contributed by atoms with Gasteiger partial charge in [0.1, 0.15) is 0 Å². The van der Waals surface area contributed by atoms with Crippen LogP contribution in [0.2, 0.25) is 5.02 Å². The predicted octanol–water partition coefficient (Wildman–Crippen LogP) is 3.45. The van der Waals surface area contributed by atoms with Crippen LogP contribution < -0.4 is 4.90 Å². The minimum Gasteiger partial charge on any atom is -0.378 e. The second kappa shape index (κ2) is 4.80. The second-order valence-corrected chi connectivity index (χ2v) is 5.31. The molecule has 0 N–H and O–H groups in total. The molecule has 3 rings (SSSR count). The van der Waals surface area contributed by atoms with Gasteiger partial charge in [0.15, 0.2) is 5.65 Å². The molecule has 0 amide bonds. The van der Waals surface area contributed by atoms with Crippen molar-refractivity contribution in [1.29, 1.82) is 0 Å². The molecule has 0 saturated heterocycles. The zero-order chi connectivity index (χ0) is 14.3. The molecule has 0 atom stereocenters. The van der Waals surface area contributed by atoms with Crippen LogP contribution in [0.5, 0.6) is 0 Å². The lowest BCUT2D eigenvalue weighted by Crippen LogP contribution is -2.08. The Morgan fingerprint density at radius 2 is 1.80 bits per heavy atom. The fourth-order valence-corrected chi connectivity index (χ4v) is 2.52. The van der Waals surface area contributed by atoms with E-state index in [4.69, 9.17) is 11.6 Å². The maximum Gasteiger partial charge on any atom is 0.164 e. The molecule has 4 nitrogen and oxygen atoms in total. The number of pyridine rings is 1. The molecule has 20 heavy (non-hydrogen) atoms. The van der Waals surface area contributed by atoms with Crippen LogP contribution in [0.1, 0.15) is 5.69 Å². The number of aryl methyl sites for hydroxylation is 1. The number of halogens is 1. The van der Waals surface area contributed by atoms with E-state index in [1.54, 1.807) is 12.3 Å². The molecule has 1 aromatic carbocycles. The molecule has 3 aromatic rings. The molecule has 0 aliphatic heterocycles. The summed E-state index contributed by atoms with van der Waals surface area (Å²) < 4.78 is 1.83. The first-order chi connectivity index (χ1) is 9.58. The van der Waals surface area contributed by atoms with Gasteiger partial charge in [-0.3, -0.25) is 0 Å². The molecule has 2 aromatic heterocycles. The van der Waals surface area contributed by atoms with Crippen molar-refractivity contribution in [2.45, 2.75) is 6.92 Å². The topological polar surface area (TPSA) is 34.0 Å². The lowest BCUT2D eigenvalue weighted by Gasteiger charge is -2.12. The summed E-state index contributed by atoms with van der Waals surface area (Å²) >= 11 is 6.23. The number of hydrogen-bond acceptors (Lipinski definition) is 3. The molecule has 0 spiro atoms. The summed E-state index contributed by atoms with van der Waals surface area (Å²) in [5.41, 5.74) is 3.79. The van der Waals surface area contributed by atoms with Crippen molar-refractivity contribution >= 4 is 28.3 Å². The van der Waals surface area contributed by atoms with Gasteiger partial charge in [-0.25, -0.2) is 9.67 Å². The third-order valence-corrected chi connectivity index (χ3v) is 3.62. The molecular weight excluding hydrogens is 272 g/mol. The summed E-state index contributed by atoms with van der Waals surface area (Å²) in [4.78, 5) is 6.46. The quantitative estimate of drug-likeness (QED) is 0.723. The smallest absolute Gasteiger partial charge is 0.164 e. The number of aromatic nitrogens is 3. The summed E-state index contributed by atoms with van der Waals surface area (Å²) in [6.07, 6.45) is 1.70. The Hall–Kier alpha value is -2.07.